The summed E-state index contributed by atoms with van der Waals surface area (Å²) in [6, 6.07) is 6.79. The number of hydrogen-bond acceptors (Lipinski definition) is 5. The van der Waals surface area contributed by atoms with E-state index in [0.29, 0.717) is 24.2 Å². The van der Waals surface area contributed by atoms with Gasteiger partial charge in [0.1, 0.15) is 5.58 Å². The zero-order chi connectivity index (χ0) is 15.0. The molecule has 1 atom stereocenters. The fourth-order valence-electron chi connectivity index (χ4n) is 2.53. The van der Waals surface area contributed by atoms with Gasteiger partial charge in [0.05, 0.1) is 11.5 Å². The number of carbonyl (C=O) groups excluding carboxylic acids is 1. The molecule has 1 saturated heterocycles. The average molecular weight is 308 g/mol. The van der Waals surface area contributed by atoms with Gasteiger partial charge in [-0.25, -0.2) is 8.42 Å². The van der Waals surface area contributed by atoms with Crippen molar-refractivity contribution < 1.29 is 17.6 Å². The standard InChI is InChI=1S/C14H16N2O4S/c15-11-1-2-12-10(5-11)6-13(20-12)14(17)16-7-9-3-4-21(18,19)8-9/h1-2,5-6,9H,3-4,7-8,15H2,(H,16,17). The van der Waals surface area contributed by atoms with Gasteiger partial charge in [-0.05, 0) is 36.6 Å². The Morgan fingerprint density at radius 3 is 2.90 bits per heavy atom. The van der Waals surface area contributed by atoms with Crippen LogP contribution >= 0.6 is 0 Å². The molecule has 0 saturated carbocycles. The molecule has 0 spiro atoms. The summed E-state index contributed by atoms with van der Waals surface area (Å²) in [5.41, 5.74) is 6.88. The quantitative estimate of drug-likeness (QED) is 0.829. The van der Waals surface area contributed by atoms with Gasteiger partial charge in [0.15, 0.2) is 15.6 Å². The summed E-state index contributed by atoms with van der Waals surface area (Å²) in [6.07, 6.45) is 0.597. The fourth-order valence-corrected chi connectivity index (χ4v) is 4.39. The lowest BCUT2D eigenvalue weighted by Crippen LogP contribution is -2.29. The average Bonchev–Trinajstić information content (AvgIpc) is 2.98. The lowest BCUT2D eigenvalue weighted by atomic mass is 10.1. The Morgan fingerprint density at radius 2 is 2.19 bits per heavy atom. The molecule has 1 fully saturated rings. The lowest BCUT2D eigenvalue weighted by Gasteiger charge is -2.07. The van der Waals surface area contributed by atoms with E-state index in [1.165, 1.54) is 0 Å². The second-order valence-electron chi connectivity index (χ2n) is 5.39. The first-order chi connectivity index (χ1) is 9.93. The van der Waals surface area contributed by atoms with E-state index in [9.17, 15) is 13.2 Å². The summed E-state index contributed by atoms with van der Waals surface area (Å²) in [5.74, 6) is 0.200. The van der Waals surface area contributed by atoms with Crippen molar-refractivity contribution in [3.8, 4) is 0 Å². The van der Waals surface area contributed by atoms with Crippen LogP contribution < -0.4 is 11.1 Å². The minimum absolute atomic E-state index is 0.0148. The molecular formula is C14H16N2O4S. The van der Waals surface area contributed by atoms with Crippen LogP contribution in [0.4, 0.5) is 5.69 Å². The highest BCUT2D eigenvalue weighted by molar-refractivity contribution is 7.91. The third-order valence-corrected chi connectivity index (χ3v) is 5.48. The van der Waals surface area contributed by atoms with Gasteiger partial charge in [-0.3, -0.25) is 4.79 Å². The molecule has 0 radical (unpaired) electrons. The SMILES string of the molecule is Nc1ccc2oc(C(=O)NCC3CCS(=O)(=O)C3)cc2c1. The number of anilines is 1. The molecule has 1 amide bonds. The molecule has 2 aromatic rings. The molecular weight excluding hydrogens is 292 g/mol. The third-order valence-electron chi connectivity index (χ3n) is 3.64. The number of hydrogen-bond donors (Lipinski definition) is 2. The number of amides is 1. The Bertz CT molecular complexity index is 794. The molecule has 1 aliphatic rings. The normalized spacial score (nSPS) is 20.7. The van der Waals surface area contributed by atoms with Crippen LogP contribution in [0, 0.1) is 5.92 Å². The third kappa shape index (κ3) is 3.02. The van der Waals surface area contributed by atoms with Crippen LogP contribution in [0.3, 0.4) is 0 Å². The summed E-state index contributed by atoms with van der Waals surface area (Å²) in [6.45, 7) is 0.344. The summed E-state index contributed by atoms with van der Waals surface area (Å²) >= 11 is 0. The zero-order valence-electron chi connectivity index (χ0n) is 11.3. The highest BCUT2D eigenvalue weighted by atomic mass is 32.2. The maximum Gasteiger partial charge on any atom is 0.287 e. The van der Waals surface area contributed by atoms with Crippen LogP contribution in [0.2, 0.25) is 0 Å². The Morgan fingerprint density at radius 1 is 1.38 bits per heavy atom. The largest absolute Gasteiger partial charge is 0.451 e. The van der Waals surface area contributed by atoms with Gasteiger partial charge in [-0.15, -0.1) is 0 Å². The molecule has 3 N–H and O–H groups in total. The predicted molar refractivity (Wildman–Crippen MR) is 79.7 cm³/mol. The Labute approximate surface area is 122 Å². The van der Waals surface area contributed by atoms with E-state index in [2.05, 4.69) is 5.32 Å². The second-order valence-corrected chi connectivity index (χ2v) is 7.62. The molecule has 3 rings (SSSR count). The van der Waals surface area contributed by atoms with Crippen molar-refractivity contribution in [2.75, 3.05) is 23.8 Å². The second kappa shape index (κ2) is 5.07. The van der Waals surface area contributed by atoms with Crippen molar-refractivity contribution in [3.05, 3.63) is 30.0 Å². The number of nitrogens with two attached hydrogens (primary N) is 1. The predicted octanol–water partition coefficient (Wildman–Crippen LogP) is 1.18. The van der Waals surface area contributed by atoms with Crippen molar-refractivity contribution in [2.24, 2.45) is 5.92 Å². The van der Waals surface area contributed by atoms with E-state index >= 15 is 0 Å². The Hall–Kier alpha value is -2.02. The number of fused-ring (bicyclic) bond motifs is 1. The zero-order valence-corrected chi connectivity index (χ0v) is 12.2. The fraction of sp³-hybridized carbons (Fsp3) is 0.357. The van der Waals surface area contributed by atoms with Crippen molar-refractivity contribution in [1.82, 2.24) is 5.32 Å². The highest BCUT2D eigenvalue weighted by Crippen LogP contribution is 2.22. The van der Waals surface area contributed by atoms with Gasteiger partial charge in [-0.2, -0.15) is 0 Å². The number of carbonyl (C=O) groups is 1. The van der Waals surface area contributed by atoms with Crippen molar-refractivity contribution in [2.45, 2.75) is 6.42 Å². The molecule has 1 aliphatic heterocycles. The van der Waals surface area contributed by atoms with Gasteiger partial charge >= 0.3 is 0 Å². The van der Waals surface area contributed by atoms with Gasteiger partial charge < -0.3 is 15.5 Å². The van der Waals surface area contributed by atoms with Crippen molar-refractivity contribution >= 4 is 32.4 Å². The van der Waals surface area contributed by atoms with Crippen molar-refractivity contribution in [3.63, 3.8) is 0 Å². The van der Waals surface area contributed by atoms with Crippen LogP contribution in [-0.2, 0) is 9.84 Å². The van der Waals surface area contributed by atoms with Gasteiger partial charge in [-0.1, -0.05) is 0 Å². The van der Waals surface area contributed by atoms with E-state index in [1.807, 2.05) is 0 Å². The monoisotopic (exact) mass is 308 g/mol. The van der Waals surface area contributed by atoms with Crippen LogP contribution in [-0.4, -0.2) is 32.4 Å². The minimum atomic E-state index is -2.92. The van der Waals surface area contributed by atoms with Gasteiger partial charge in [0, 0.05) is 17.6 Å². The molecule has 21 heavy (non-hydrogen) atoms. The first-order valence-corrected chi connectivity index (χ1v) is 8.53. The Balaban J connectivity index is 1.67. The van der Waals surface area contributed by atoms with Gasteiger partial charge in [0.2, 0.25) is 0 Å². The Kier molecular flexibility index (Phi) is 3.36. The minimum Gasteiger partial charge on any atom is -0.451 e. The first-order valence-electron chi connectivity index (χ1n) is 6.71. The molecule has 1 aromatic heterocycles. The lowest BCUT2D eigenvalue weighted by molar-refractivity contribution is 0.0923. The van der Waals surface area contributed by atoms with Crippen molar-refractivity contribution in [1.29, 1.82) is 0 Å². The molecule has 6 nitrogen and oxygen atoms in total. The maximum atomic E-state index is 12.0. The van der Waals surface area contributed by atoms with E-state index in [-0.39, 0.29) is 29.1 Å². The number of benzene rings is 1. The topological polar surface area (TPSA) is 102 Å². The highest BCUT2D eigenvalue weighted by Gasteiger charge is 2.28. The molecule has 2 heterocycles. The van der Waals surface area contributed by atoms with Crippen LogP contribution in [0.1, 0.15) is 17.0 Å². The summed E-state index contributed by atoms with van der Waals surface area (Å²) in [4.78, 5) is 12.0. The van der Waals surface area contributed by atoms with E-state index in [1.54, 1.807) is 24.3 Å². The summed E-state index contributed by atoms with van der Waals surface area (Å²) in [5, 5.41) is 3.49. The summed E-state index contributed by atoms with van der Waals surface area (Å²) < 4.78 is 28.2. The molecule has 1 unspecified atom stereocenters. The number of furan rings is 1. The van der Waals surface area contributed by atoms with Crippen LogP contribution in [0.25, 0.3) is 11.0 Å². The molecule has 112 valence electrons. The number of nitrogen functional groups attached to an aromatic ring is 1. The van der Waals surface area contributed by atoms with E-state index in [0.717, 1.165) is 5.39 Å². The van der Waals surface area contributed by atoms with Crippen LogP contribution in [0.5, 0.6) is 0 Å². The molecule has 0 aliphatic carbocycles. The first kappa shape index (κ1) is 13.9. The molecule has 0 bridgehead atoms. The smallest absolute Gasteiger partial charge is 0.287 e. The number of nitrogens with one attached hydrogen (secondary N) is 1. The summed E-state index contributed by atoms with van der Waals surface area (Å²) in [7, 11) is -2.92. The molecule has 7 heteroatoms. The van der Waals surface area contributed by atoms with Crippen LogP contribution in [0.15, 0.2) is 28.7 Å². The number of sulfone groups is 1. The number of rotatable bonds is 3. The van der Waals surface area contributed by atoms with E-state index < -0.39 is 9.84 Å². The maximum absolute atomic E-state index is 12.0. The van der Waals surface area contributed by atoms with E-state index in [4.69, 9.17) is 10.2 Å². The van der Waals surface area contributed by atoms with Gasteiger partial charge in [0.25, 0.3) is 5.91 Å². The molecule has 1 aromatic carbocycles.